The number of carbonyl (C=O) groups is 1. The van der Waals surface area contributed by atoms with Gasteiger partial charge in [0.25, 0.3) is 5.91 Å². The van der Waals surface area contributed by atoms with Gasteiger partial charge in [0.1, 0.15) is 0 Å². The van der Waals surface area contributed by atoms with Crippen LogP contribution in [-0.4, -0.2) is 30.3 Å². The fraction of sp³-hybridized carbons (Fsp3) is 0.150. The van der Waals surface area contributed by atoms with E-state index in [2.05, 4.69) is 15.5 Å². The van der Waals surface area contributed by atoms with Gasteiger partial charge in [0, 0.05) is 11.6 Å². The number of aromatic nitrogens is 2. The second-order valence-corrected chi connectivity index (χ2v) is 5.92. The van der Waals surface area contributed by atoms with Crippen molar-refractivity contribution in [3.05, 3.63) is 59.7 Å². The molecule has 0 unspecified atom stereocenters. The van der Waals surface area contributed by atoms with Crippen LogP contribution >= 0.6 is 0 Å². The predicted molar refractivity (Wildman–Crippen MR) is 102 cm³/mol. The van der Waals surface area contributed by atoms with Gasteiger partial charge < -0.3 is 13.9 Å². The van der Waals surface area contributed by atoms with Crippen LogP contribution in [0.2, 0.25) is 0 Å². The van der Waals surface area contributed by atoms with Crippen molar-refractivity contribution in [1.82, 2.24) is 10.2 Å². The maximum Gasteiger partial charge on any atom is 0.416 e. The van der Waals surface area contributed by atoms with Gasteiger partial charge >= 0.3 is 12.2 Å². The van der Waals surface area contributed by atoms with E-state index < -0.39 is 17.6 Å². The standard InChI is InChI=1S/C20H16F3N3O4/c1-28-15-9-3-12(11-16(15)29-2)4-10-17(27)24-19-26-25-18(30-19)13-5-7-14(8-6-13)20(21,22)23/h3-11H,1-2H3,(H,24,26,27). The molecule has 0 saturated carbocycles. The Labute approximate surface area is 169 Å². The molecule has 7 nitrogen and oxygen atoms in total. The summed E-state index contributed by atoms with van der Waals surface area (Å²) in [5.74, 6) is 0.509. The van der Waals surface area contributed by atoms with Crippen molar-refractivity contribution in [3.63, 3.8) is 0 Å². The van der Waals surface area contributed by atoms with Gasteiger partial charge in [-0.15, -0.1) is 5.10 Å². The second kappa shape index (κ2) is 8.68. The Morgan fingerprint density at radius 2 is 1.73 bits per heavy atom. The summed E-state index contributed by atoms with van der Waals surface area (Å²) in [5, 5.41) is 9.78. The molecule has 0 aliphatic heterocycles. The van der Waals surface area contributed by atoms with Crippen molar-refractivity contribution in [3.8, 4) is 23.0 Å². The first-order valence-corrected chi connectivity index (χ1v) is 8.52. The summed E-state index contributed by atoms with van der Waals surface area (Å²) >= 11 is 0. The number of amides is 1. The molecule has 30 heavy (non-hydrogen) atoms. The third-order valence-electron chi connectivity index (χ3n) is 3.95. The zero-order valence-electron chi connectivity index (χ0n) is 15.9. The predicted octanol–water partition coefficient (Wildman–Crippen LogP) is 4.42. The number of nitrogens with one attached hydrogen (secondary N) is 1. The minimum atomic E-state index is -4.44. The van der Waals surface area contributed by atoms with Gasteiger partial charge in [-0.25, -0.2) is 0 Å². The summed E-state index contributed by atoms with van der Waals surface area (Å²) in [6.07, 6.45) is -1.64. The van der Waals surface area contributed by atoms with E-state index in [0.29, 0.717) is 17.1 Å². The summed E-state index contributed by atoms with van der Waals surface area (Å²) in [6.45, 7) is 0. The molecule has 0 bridgehead atoms. The molecule has 156 valence electrons. The normalized spacial score (nSPS) is 11.5. The number of benzene rings is 2. The van der Waals surface area contributed by atoms with Crippen LogP contribution in [0.1, 0.15) is 11.1 Å². The van der Waals surface area contributed by atoms with Crippen LogP contribution in [0.5, 0.6) is 11.5 Å². The van der Waals surface area contributed by atoms with Crippen LogP contribution in [-0.2, 0) is 11.0 Å². The van der Waals surface area contributed by atoms with Gasteiger partial charge in [0.2, 0.25) is 5.89 Å². The molecular formula is C20H16F3N3O4. The Hall–Kier alpha value is -3.82. The molecule has 0 saturated heterocycles. The fourth-order valence-corrected chi connectivity index (χ4v) is 2.47. The Bertz CT molecular complexity index is 1060. The van der Waals surface area contributed by atoms with Crippen LogP contribution in [0.3, 0.4) is 0 Å². The molecule has 10 heteroatoms. The largest absolute Gasteiger partial charge is 0.493 e. The molecule has 3 rings (SSSR count). The molecule has 3 aromatic rings. The highest BCUT2D eigenvalue weighted by Gasteiger charge is 2.30. The molecule has 1 aromatic heterocycles. The van der Waals surface area contributed by atoms with Gasteiger partial charge in [0.15, 0.2) is 11.5 Å². The fourth-order valence-electron chi connectivity index (χ4n) is 2.47. The van der Waals surface area contributed by atoms with Crippen molar-refractivity contribution < 1.29 is 31.9 Å². The molecule has 1 amide bonds. The Morgan fingerprint density at radius 1 is 1.03 bits per heavy atom. The molecule has 0 aliphatic rings. The Morgan fingerprint density at radius 3 is 2.37 bits per heavy atom. The van der Waals surface area contributed by atoms with Gasteiger partial charge in [-0.2, -0.15) is 13.2 Å². The minimum Gasteiger partial charge on any atom is -0.493 e. The number of halogens is 3. The summed E-state index contributed by atoms with van der Waals surface area (Å²) in [5.41, 5.74) is 0.190. The average Bonchev–Trinajstić information content (AvgIpc) is 3.19. The van der Waals surface area contributed by atoms with Crippen LogP contribution in [0.4, 0.5) is 19.2 Å². The number of anilines is 1. The van der Waals surface area contributed by atoms with Crippen LogP contribution < -0.4 is 14.8 Å². The van der Waals surface area contributed by atoms with E-state index in [0.717, 1.165) is 12.1 Å². The molecule has 0 atom stereocenters. The van der Waals surface area contributed by atoms with E-state index in [1.807, 2.05) is 0 Å². The van der Waals surface area contributed by atoms with Crippen LogP contribution in [0.15, 0.2) is 53.0 Å². The lowest BCUT2D eigenvalue weighted by Gasteiger charge is -2.07. The van der Waals surface area contributed by atoms with E-state index in [4.69, 9.17) is 13.9 Å². The maximum atomic E-state index is 12.6. The zero-order valence-corrected chi connectivity index (χ0v) is 15.9. The lowest BCUT2D eigenvalue weighted by molar-refractivity contribution is -0.137. The minimum absolute atomic E-state index is 0.0251. The monoisotopic (exact) mass is 419 g/mol. The first-order valence-electron chi connectivity index (χ1n) is 8.52. The quantitative estimate of drug-likeness (QED) is 0.595. The maximum absolute atomic E-state index is 12.6. The zero-order chi connectivity index (χ0) is 21.7. The van der Waals surface area contributed by atoms with E-state index in [9.17, 15) is 18.0 Å². The third kappa shape index (κ3) is 4.96. The van der Waals surface area contributed by atoms with Crippen molar-refractivity contribution >= 4 is 18.0 Å². The molecule has 0 radical (unpaired) electrons. The molecule has 1 heterocycles. The molecule has 1 N–H and O–H groups in total. The van der Waals surface area contributed by atoms with Crippen molar-refractivity contribution in [2.75, 3.05) is 19.5 Å². The highest BCUT2D eigenvalue weighted by Crippen LogP contribution is 2.31. The number of ether oxygens (including phenoxy) is 2. The van der Waals surface area contributed by atoms with E-state index >= 15 is 0 Å². The third-order valence-corrected chi connectivity index (χ3v) is 3.95. The lowest BCUT2D eigenvalue weighted by Crippen LogP contribution is -2.07. The van der Waals surface area contributed by atoms with Gasteiger partial charge in [-0.1, -0.05) is 11.2 Å². The summed E-state index contributed by atoms with van der Waals surface area (Å²) in [7, 11) is 3.02. The highest BCUT2D eigenvalue weighted by molar-refractivity contribution is 6.00. The number of methoxy groups -OCH3 is 2. The molecule has 0 aliphatic carbocycles. The summed E-state index contributed by atoms with van der Waals surface area (Å²) in [6, 6.07) is 9.17. The summed E-state index contributed by atoms with van der Waals surface area (Å²) < 4.78 is 53.5. The van der Waals surface area contributed by atoms with Crippen molar-refractivity contribution in [1.29, 1.82) is 0 Å². The first kappa shape index (κ1) is 20.9. The number of hydrogen-bond acceptors (Lipinski definition) is 6. The highest BCUT2D eigenvalue weighted by atomic mass is 19.4. The second-order valence-electron chi connectivity index (χ2n) is 5.92. The van der Waals surface area contributed by atoms with E-state index in [1.165, 1.54) is 32.4 Å². The molecule has 0 spiro atoms. The van der Waals surface area contributed by atoms with Gasteiger partial charge in [-0.3, -0.25) is 10.1 Å². The SMILES string of the molecule is COc1ccc(C=CC(=O)Nc2nnc(-c3ccc(C(F)(F)F)cc3)o2)cc1OC. The molecule has 2 aromatic carbocycles. The number of hydrogen-bond donors (Lipinski definition) is 1. The number of rotatable bonds is 6. The van der Waals surface area contributed by atoms with Crippen LogP contribution in [0.25, 0.3) is 17.5 Å². The average molecular weight is 419 g/mol. The van der Waals surface area contributed by atoms with Crippen molar-refractivity contribution in [2.45, 2.75) is 6.18 Å². The Balaban J connectivity index is 1.66. The summed E-state index contributed by atoms with van der Waals surface area (Å²) in [4.78, 5) is 12.1. The smallest absolute Gasteiger partial charge is 0.416 e. The van der Waals surface area contributed by atoms with Gasteiger partial charge in [-0.05, 0) is 48.0 Å². The van der Waals surface area contributed by atoms with E-state index in [1.54, 1.807) is 24.3 Å². The first-order chi connectivity index (χ1) is 14.3. The number of carbonyl (C=O) groups excluding carboxylic acids is 1. The lowest BCUT2D eigenvalue weighted by atomic mass is 10.1. The van der Waals surface area contributed by atoms with Gasteiger partial charge in [0.05, 0.1) is 19.8 Å². The van der Waals surface area contributed by atoms with Crippen LogP contribution in [0, 0.1) is 0 Å². The number of nitrogens with zero attached hydrogens (tertiary/aromatic N) is 2. The topological polar surface area (TPSA) is 86.5 Å². The Kier molecular flexibility index (Phi) is 6.05. The molecular weight excluding hydrogens is 403 g/mol. The van der Waals surface area contributed by atoms with E-state index in [-0.39, 0.29) is 17.5 Å². The van der Waals surface area contributed by atoms with Crippen molar-refractivity contribution in [2.24, 2.45) is 0 Å². The number of alkyl halides is 3. The molecule has 0 fully saturated rings.